The summed E-state index contributed by atoms with van der Waals surface area (Å²) in [4.78, 5) is 14.8. The van der Waals surface area contributed by atoms with Crippen LogP contribution in [0.15, 0.2) is 18.2 Å². The Morgan fingerprint density at radius 1 is 1.44 bits per heavy atom. The van der Waals surface area contributed by atoms with Crippen molar-refractivity contribution in [2.45, 2.75) is 31.6 Å². The number of hydrogen-bond donors (Lipinski definition) is 2. The second-order valence-electron chi connectivity index (χ2n) is 5.06. The SMILES string of the molecule is Cc1c(C2(C(=O)O)CCC2)[nH]c2ccc(Cl)cc12. The number of rotatable bonds is 2. The smallest absolute Gasteiger partial charge is 0.315 e. The van der Waals surface area contributed by atoms with E-state index in [1.165, 1.54) is 0 Å². The lowest BCUT2D eigenvalue weighted by Gasteiger charge is -2.37. The van der Waals surface area contributed by atoms with Crippen molar-refractivity contribution in [3.63, 3.8) is 0 Å². The zero-order valence-corrected chi connectivity index (χ0v) is 10.8. The number of hydrogen-bond acceptors (Lipinski definition) is 1. The van der Waals surface area contributed by atoms with E-state index in [1.807, 2.05) is 25.1 Å². The lowest BCUT2D eigenvalue weighted by molar-refractivity contribution is -0.147. The Hall–Kier alpha value is -1.48. The number of nitrogens with one attached hydrogen (secondary N) is 1. The van der Waals surface area contributed by atoms with Crippen molar-refractivity contribution in [2.75, 3.05) is 0 Å². The van der Waals surface area contributed by atoms with Gasteiger partial charge in [0.05, 0.1) is 0 Å². The fraction of sp³-hybridized carbons (Fsp3) is 0.357. The zero-order chi connectivity index (χ0) is 12.9. The minimum absolute atomic E-state index is 0.675. The van der Waals surface area contributed by atoms with Gasteiger partial charge in [0.15, 0.2) is 0 Å². The molecule has 0 spiro atoms. The van der Waals surface area contributed by atoms with Crippen molar-refractivity contribution in [3.8, 4) is 0 Å². The number of fused-ring (bicyclic) bond motifs is 1. The summed E-state index contributed by atoms with van der Waals surface area (Å²) in [7, 11) is 0. The highest BCUT2D eigenvalue weighted by Gasteiger charge is 2.48. The molecule has 2 aromatic rings. The number of carboxylic acids is 1. The van der Waals surface area contributed by atoms with E-state index in [0.29, 0.717) is 17.9 Å². The lowest BCUT2D eigenvalue weighted by atomic mass is 9.66. The van der Waals surface area contributed by atoms with Crippen LogP contribution < -0.4 is 0 Å². The van der Waals surface area contributed by atoms with Gasteiger partial charge in [-0.2, -0.15) is 0 Å². The van der Waals surface area contributed by atoms with Gasteiger partial charge in [-0.15, -0.1) is 0 Å². The van der Waals surface area contributed by atoms with Gasteiger partial charge in [0.2, 0.25) is 0 Å². The molecule has 1 aromatic carbocycles. The maximum Gasteiger partial charge on any atom is 0.315 e. The van der Waals surface area contributed by atoms with Crippen molar-refractivity contribution < 1.29 is 9.90 Å². The number of carbonyl (C=O) groups is 1. The molecule has 0 bridgehead atoms. The molecule has 1 aliphatic rings. The van der Waals surface area contributed by atoms with E-state index in [2.05, 4.69) is 4.98 Å². The monoisotopic (exact) mass is 263 g/mol. The van der Waals surface area contributed by atoms with Crippen molar-refractivity contribution in [2.24, 2.45) is 0 Å². The molecule has 2 N–H and O–H groups in total. The van der Waals surface area contributed by atoms with Crippen LogP contribution in [0.25, 0.3) is 10.9 Å². The molecule has 0 aliphatic heterocycles. The van der Waals surface area contributed by atoms with Crippen LogP contribution in [0.3, 0.4) is 0 Å². The van der Waals surface area contributed by atoms with Crippen molar-refractivity contribution >= 4 is 28.5 Å². The maximum atomic E-state index is 11.6. The summed E-state index contributed by atoms with van der Waals surface area (Å²) >= 11 is 5.99. The first-order valence-corrected chi connectivity index (χ1v) is 6.44. The highest BCUT2D eigenvalue weighted by Crippen LogP contribution is 2.46. The van der Waals surface area contributed by atoms with Crippen LogP contribution in [-0.2, 0) is 10.2 Å². The first-order valence-electron chi connectivity index (χ1n) is 6.06. The van der Waals surface area contributed by atoms with Gasteiger partial charge >= 0.3 is 5.97 Å². The van der Waals surface area contributed by atoms with Crippen molar-refractivity contribution in [3.05, 3.63) is 34.5 Å². The number of H-pyrrole nitrogens is 1. The third-order valence-electron chi connectivity index (χ3n) is 4.12. The molecule has 1 saturated carbocycles. The largest absolute Gasteiger partial charge is 0.481 e. The Morgan fingerprint density at radius 3 is 2.72 bits per heavy atom. The fourth-order valence-corrected chi connectivity index (χ4v) is 3.05. The molecule has 0 amide bonds. The molecule has 3 nitrogen and oxygen atoms in total. The number of halogens is 1. The van der Waals surface area contributed by atoms with E-state index in [9.17, 15) is 9.90 Å². The summed E-state index contributed by atoms with van der Waals surface area (Å²) in [5.74, 6) is -0.727. The summed E-state index contributed by atoms with van der Waals surface area (Å²) in [6.45, 7) is 1.97. The summed E-state index contributed by atoms with van der Waals surface area (Å²) in [6.07, 6.45) is 2.40. The summed E-state index contributed by atoms with van der Waals surface area (Å²) in [5.41, 5.74) is 2.10. The average Bonchev–Trinajstić information content (AvgIpc) is 2.55. The molecular weight excluding hydrogens is 250 g/mol. The Bertz CT molecular complexity index is 641. The molecule has 1 heterocycles. The van der Waals surface area contributed by atoms with Gasteiger partial charge in [-0.3, -0.25) is 4.79 Å². The number of carboxylic acid groups (broad SMARTS) is 1. The van der Waals surface area contributed by atoms with Crippen LogP contribution in [-0.4, -0.2) is 16.1 Å². The molecule has 1 aliphatic carbocycles. The molecule has 94 valence electrons. The second kappa shape index (κ2) is 3.75. The summed E-state index contributed by atoms with van der Waals surface area (Å²) in [6, 6.07) is 5.61. The van der Waals surface area contributed by atoms with E-state index < -0.39 is 11.4 Å². The highest BCUT2D eigenvalue weighted by atomic mass is 35.5. The number of aryl methyl sites for hydroxylation is 1. The van der Waals surface area contributed by atoms with Gasteiger partial charge in [-0.25, -0.2) is 0 Å². The van der Waals surface area contributed by atoms with Crippen LogP contribution in [0, 0.1) is 6.92 Å². The highest BCUT2D eigenvalue weighted by molar-refractivity contribution is 6.31. The first kappa shape index (κ1) is 11.6. The molecule has 0 atom stereocenters. The van der Waals surface area contributed by atoms with Crippen LogP contribution >= 0.6 is 11.6 Å². The van der Waals surface area contributed by atoms with E-state index in [-0.39, 0.29) is 0 Å². The quantitative estimate of drug-likeness (QED) is 0.869. The van der Waals surface area contributed by atoms with E-state index >= 15 is 0 Å². The average molecular weight is 264 g/mol. The van der Waals surface area contributed by atoms with Crippen LogP contribution in [0.4, 0.5) is 0 Å². The lowest BCUT2D eigenvalue weighted by Crippen LogP contribution is -2.43. The van der Waals surface area contributed by atoms with E-state index in [0.717, 1.165) is 28.6 Å². The summed E-state index contributed by atoms with van der Waals surface area (Å²) in [5, 5.41) is 11.2. The number of aromatic amines is 1. The molecular formula is C14H14ClNO2. The molecule has 3 rings (SSSR count). The number of aromatic nitrogens is 1. The molecule has 0 unspecified atom stereocenters. The standard InChI is InChI=1S/C14H14ClNO2/c1-8-10-7-9(15)3-4-11(10)16-12(8)14(13(17)18)5-2-6-14/h3-4,7,16H,2,5-6H2,1H3,(H,17,18). The third-order valence-corrected chi connectivity index (χ3v) is 4.35. The van der Waals surface area contributed by atoms with E-state index in [4.69, 9.17) is 11.6 Å². The van der Waals surface area contributed by atoms with Crippen LogP contribution in [0.1, 0.15) is 30.5 Å². The first-order chi connectivity index (χ1) is 8.54. The molecule has 1 fully saturated rings. The fourth-order valence-electron chi connectivity index (χ4n) is 2.88. The van der Waals surface area contributed by atoms with Crippen LogP contribution in [0.5, 0.6) is 0 Å². The molecule has 0 saturated heterocycles. The number of aliphatic carboxylic acids is 1. The normalized spacial score (nSPS) is 17.7. The molecule has 0 radical (unpaired) electrons. The third kappa shape index (κ3) is 1.40. The molecule has 1 aromatic heterocycles. The Kier molecular flexibility index (Phi) is 2.42. The summed E-state index contributed by atoms with van der Waals surface area (Å²) < 4.78 is 0. The van der Waals surface area contributed by atoms with Gasteiger partial charge in [-0.1, -0.05) is 18.0 Å². The number of benzene rings is 1. The Balaban J connectivity index is 2.24. The van der Waals surface area contributed by atoms with Crippen molar-refractivity contribution in [1.29, 1.82) is 0 Å². The van der Waals surface area contributed by atoms with Gasteiger partial charge in [0, 0.05) is 21.6 Å². The maximum absolute atomic E-state index is 11.6. The predicted octanol–water partition coefficient (Wildman–Crippen LogP) is 3.64. The Labute approximate surface area is 110 Å². The zero-order valence-electron chi connectivity index (χ0n) is 10.1. The minimum Gasteiger partial charge on any atom is -0.481 e. The Morgan fingerprint density at radius 2 is 2.17 bits per heavy atom. The van der Waals surface area contributed by atoms with E-state index in [1.54, 1.807) is 0 Å². The van der Waals surface area contributed by atoms with Gasteiger partial charge in [0.25, 0.3) is 0 Å². The van der Waals surface area contributed by atoms with Gasteiger partial charge in [0.1, 0.15) is 5.41 Å². The topological polar surface area (TPSA) is 53.1 Å². The second-order valence-corrected chi connectivity index (χ2v) is 5.49. The van der Waals surface area contributed by atoms with Gasteiger partial charge < -0.3 is 10.1 Å². The van der Waals surface area contributed by atoms with Gasteiger partial charge in [-0.05, 0) is 43.5 Å². The molecule has 4 heteroatoms. The van der Waals surface area contributed by atoms with Crippen molar-refractivity contribution in [1.82, 2.24) is 4.98 Å². The molecule has 18 heavy (non-hydrogen) atoms. The minimum atomic E-state index is -0.727. The van der Waals surface area contributed by atoms with Crippen LogP contribution in [0.2, 0.25) is 5.02 Å². The predicted molar refractivity (Wildman–Crippen MR) is 71.2 cm³/mol.